The molecule has 1 aliphatic rings. The maximum absolute atomic E-state index is 11.9. The Kier molecular flexibility index (Phi) is 6.37. The first-order valence-corrected chi connectivity index (χ1v) is 8.30. The van der Waals surface area contributed by atoms with Gasteiger partial charge in [-0.05, 0) is 24.7 Å². The smallest absolute Gasteiger partial charge is 0.242 e. The van der Waals surface area contributed by atoms with E-state index in [2.05, 4.69) is 50.2 Å². The second-order valence-corrected chi connectivity index (χ2v) is 8.44. The zero-order valence-electron chi connectivity index (χ0n) is 13.6. The molecule has 2 unspecified atom stereocenters. The molecule has 0 aliphatic carbocycles. The molecule has 5 heteroatoms. The van der Waals surface area contributed by atoms with E-state index in [0.717, 1.165) is 24.7 Å². The van der Waals surface area contributed by atoms with Crippen LogP contribution in [0.5, 0.6) is 0 Å². The average molecular weight is 299 g/mol. The van der Waals surface area contributed by atoms with Crippen molar-refractivity contribution in [1.82, 2.24) is 10.6 Å². The molecule has 20 heavy (non-hydrogen) atoms. The molecule has 0 bridgehead atoms. The zero-order valence-corrected chi connectivity index (χ0v) is 14.4. The summed E-state index contributed by atoms with van der Waals surface area (Å²) in [4.78, 5) is 16.4. The minimum absolute atomic E-state index is 0.0428. The first-order chi connectivity index (χ1) is 9.17. The summed E-state index contributed by atoms with van der Waals surface area (Å²) in [6.45, 7) is 14.4. The molecule has 1 heterocycles. The predicted octanol–water partition coefficient (Wildman–Crippen LogP) is 2.64. The monoisotopic (exact) mass is 299 g/mol. The van der Waals surface area contributed by atoms with Crippen molar-refractivity contribution < 1.29 is 4.79 Å². The fourth-order valence-electron chi connectivity index (χ4n) is 1.99. The lowest BCUT2D eigenvalue weighted by atomic mass is 9.90. The van der Waals surface area contributed by atoms with Crippen LogP contribution in [0.2, 0.25) is 0 Å². The van der Waals surface area contributed by atoms with Gasteiger partial charge in [-0.25, -0.2) is 0 Å². The van der Waals surface area contributed by atoms with E-state index in [4.69, 9.17) is 0 Å². The Labute approximate surface area is 127 Å². The van der Waals surface area contributed by atoms with Crippen LogP contribution in [0, 0.1) is 11.3 Å². The van der Waals surface area contributed by atoms with Gasteiger partial charge in [0.25, 0.3) is 0 Å². The number of amides is 1. The van der Waals surface area contributed by atoms with Crippen LogP contribution in [-0.2, 0) is 4.79 Å². The Hall–Kier alpha value is -0.710. The molecule has 2 N–H and O–H groups in total. The third-order valence-corrected chi connectivity index (χ3v) is 4.09. The summed E-state index contributed by atoms with van der Waals surface area (Å²) in [5, 5.41) is 7.60. The topological polar surface area (TPSA) is 53.5 Å². The number of rotatable bonds is 5. The maximum Gasteiger partial charge on any atom is 0.242 e. The van der Waals surface area contributed by atoms with Gasteiger partial charge < -0.3 is 10.6 Å². The van der Waals surface area contributed by atoms with E-state index in [-0.39, 0.29) is 11.9 Å². The van der Waals surface area contributed by atoms with E-state index in [1.54, 1.807) is 11.8 Å². The van der Waals surface area contributed by atoms with E-state index >= 15 is 0 Å². The van der Waals surface area contributed by atoms with E-state index < -0.39 is 0 Å². The van der Waals surface area contributed by atoms with Crippen LogP contribution in [0.25, 0.3) is 0 Å². The minimum Gasteiger partial charge on any atom is -0.354 e. The molecule has 0 saturated carbocycles. The van der Waals surface area contributed by atoms with Gasteiger partial charge >= 0.3 is 0 Å². The van der Waals surface area contributed by atoms with Crippen molar-refractivity contribution in [1.29, 1.82) is 0 Å². The molecule has 1 amide bonds. The van der Waals surface area contributed by atoms with E-state index in [9.17, 15) is 4.79 Å². The van der Waals surface area contributed by atoms with Crippen molar-refractivity contribution in [3.05, 3.63) is 0 Å². The summed E-state index contributed by atoms with van der Waals surface area (Å²) in [6, 6.07) is -0.228. The summed E-state index contributed by atoms with van der Waals surface area (Å²) in [5.74, 6) is 0.516. The highest BCUT2D eigenvalue weighted by Crippen LogP contribution is 2.31. The Balaban J connectivity index is 2.33. The van der Waals surface area contributed by atoms with E-state index in [1.165, 1.54) is 0 Å². The first-order valence-electron chi connectivity index (χ1n) is 7.43. The lowest BCUT2D eigenvalue weighted by Crippen LogP contribution is -2.44. The molecule has 0 aromatic heterocycles. The van der Waals surface area contributed by atoms with Crippen molar-refractivity contribution in [2.24, 2.45) is 16.3 Å². The highest BCUT2D eigenvalue weighted by atomic mass is 32.2. The quantitative estimate of drug-likeness (QED) is 0.820. The van der Waals surface area contributed by atoms with E-state index in [1.807, 2.05) is 6.92 Å². The number of aliphatic imine (C=N–C) groups is 1. The molecule has 0 aromatic carbocycles. The van der Waals surface area contributed by atoms with Gasteiger partial charge in [-0.15, -0.1) is 0 Å². The van der Waals surface area contributed by atoms with Crippen LogP contribution in [0.3, 0.4) is 0 Å². The standard InChI is InChI=1S/C15H29N3OS/c1-10(2)8-16-13(19)11(3)18-14-17-9-12(20-14)7-15(4,5)6/h10-12H,7-9H2,1-6H3,(H,16,19)(H,17,18). The molecule has 116 valence electrons. The van der Waals surface area contributed by atoms with Crippen LogP contribution in [0.15, 0.2) is 4.99 Å². The average Bonchev–Trinajstić information content (AvgIpc) is 2.70. The molecule has 1 aliphatic heterocycles. The van der Waals surface area contributed by atoms with Crippen molar-refractivity contribution >= 4 is 22.8 Å². The summed E-state index contributed by atoms with van der Waals surface area (Å²) in [7, 11) is 0. The van der Waals surface area contributed by atoms with Crippen LogP contribution in [0.1, 0.15) is 48.0 Å². The first kappa shape index (κ1) is 17.3. The van der Waals surface area contributed by atoms with Gasteiger partial charge in [-0.1, -0.05) is 46.4 Å². The Morgan fingerprint density at radius 3 is 2.60 bits per heavy atom. The summed E-state index contributed by atoms with van der Waals surface area (Å²) >= 11 is 1.77. The number of nitrogens with zero attached hydrogens (tertiary/aromatic N) is 1. The molecular weight excluding hydrogens is 270 g/mol. The Bertz CT molecular complexity index is 361. The van der Waals surface area contributed by atoms with Crippen LogP contribution in [-0.4, -0.2) is 35.5 Å². The van der Waals surface area contributed by atoms with Gasteiger partial charge in [-0.3, -0.25) is 9.79 Å². The number of amidine groups is 1. The number of nitrogens with one attached hydrogen (secondary N) is 2. The molecule has 0 fully saturated rings. The zero-order chi connectivity index (χ0) is 15.3. The van der Waals surface area contributed by atoms with Gasteiger partial charge in [0.05, 0.1) is 6.54 Å². The highest BCUT2D eigenvalue weighted by molar-refractivity contribution is 8.14. The SMILES string of the molecule is CC(C)CNC(=O)C(C)NC1=NCC(CC(C)(C)C)S1. The molecule has 1 rings (SSSR count). The van der Waals surface area contributed by atoms with Gasteiger partial charge in [-0.2, -0.15) is 0 Å². The lowest BCUT2D eigenvalue weighted by Gasteiger charge is -2.22. The number of carbonyl (C=O) groups is 1. The summed E-state index contributed by atoms with van der Waals surface area (Å²) < 4.78 is 0. The number of thioether (sulfide) groups is 1. The molecule has 0 radical (unpaired) electrons. The molecular formula is C15H29N3OS. The van der Waals surface area contributed by atoms with Crippen molar-refractivity contribution in [3.63, 3.8) is 0 Å². The number of hydrogen-bond donors (Lipinski definition) is 2. The van der Waals surface area contributed by atoms with Crippen LogP contribution >= 0.6 is 11.8 Å². The van der Waals surface area contributed by atoms with Gasteiger partial charge in [0.15, 0.2) is 5.17 Å². The third kappa shape index (κ3) is 6.64. The largest absolute Gasteiger partial charge is 0.354 e. The van der Waals surface area contributed by atoms with Gasteiger partial charge in [0.1, 0.15) is 6.04 Å². The second kappa shape index (κ2) is 7.34. The van der Waals surface area contributed by atoms with Crippen molar-refractivity contribution in [3.8, 4) is 0 Å². The molecule has 2 atom stereocenters. The molecule has 4 nitrogen and oxygen atoms in total. The third-order valence-electron chi connectivity index (χ3n) is 2.97. The predicted molar refractivity (Wildman–Crippen MR) is 88.2 cm³/mol. The second-order valence-electron chi connectivity index (χ2n) is 7.16. The normalized spacial score (nSPS) is 20.8. The maximum atomic E-state index is 11.9. The van der Waals surface area contributed by atoms with Gasteiger partial charge in [0, 0.05) is 11.8 Å². The molecule has 0 spiro atoms. The Morgan fingerprint density at radius 1 is 1.40 bits per heavy atom. The van der Waals surface area contributed by atoms with Gasteiger partial charge in [0.2, 0.25) is 5.91 Å². The Morgan fingerprint density at radius 2 is 2.05 bits per heavy atom. The summed E-state index contributed by atoms with van der Waals surface area (Å²) in [6.07, 6.45) is 1.14. The fraction of sp³-hybridized carbons (Fsp3) is 0.867. The van der Waals surface area contributed by atoms with Crippen molar-refractivity contribution in [2.75, 3.05) is 13.1 Å². The fourth-order valence-corrected chi connectivity index (χ4v) is 3.44. The lowest BCUT2D eigenvalue weighted by molar-refractivity contribution is -0.122. The summed E-state index contributed by atoms with van der Waals surface area (Å²) in [5.41, 5.74) is 0.322. The molecule has 0 saturated heterocycles. The highest BCUT2D eigenvalue weighted by Gasteiger charge is 2.26. The minimum atomic E-state index is -0.228. The van der Waals surface area contributed by atoms with Crippen LogP contribution < -0.4 is 10.6 Å². The van der Waals surface area contributed by atoms with Crippen LogP contribution in [0.4, 0.5) is 0 Å². The molecule has 0 aromatic rings. The number of carbonyl (C=O) groups excluding carboxylic acids is 1. The van der Waals surface area contributed by atoms with Crippen molar-refractivity contribution in [2.45, 2.75) is 59.3 Å². The van der Waals surface area contributed by atoms with E-state index in [0.29, 0.717) is 16.6 Å². The number of hydrogen-bond acceptors (Lipinski definition) is 4.